The molecule has 0 radical (unpaired) electrons. The number of rotatable bonds is 12. The van der Waals surface area contributed by atoms with E-state index in [9.17, 15) is 9.18 Å². The zero-order valence-electron chi connectivity index (χ0n) is 12.6. The lowest BCUT2D eigenvalue weighted by atomic mass is 10.1. The van der Waals surface area contributed by atoms with E-state index >= 15 is 0 Å². The normalized spacial score (nSPS) is 11.4. The summed E-state index contributed by atoms with van der Waals surface area (Å²) in [4.78, 5) is 11.3. The van der Waals surface area contributed by atoms with Crippen molar-refractivity contribution in [2.45, 2.75) is 64.4 Å². The summed E-state index contributed by atoms with van der Waals surface area (Å²) in [5.41, 5.74) is 0. The van der Waals surface area contributed by atoms with Gasteiger partial charge in [0.25, 0.3) is 0 Å². The summed E-state index contributed by atoms with van der Waals surface area (Å²) in [5.74, 6) is -1.78. The number of allylic oxidation sites excluding steroid dienone is 1. The molecule has 0 aromatic rings. The second-order valence-corrected chi connectivity index (χ2v) is 4.80. The van der Waals surface area contributed by atoms with Crippen LogP contribution in [0.1, 0.15) is 58.3 Å². The van der Waals surface area contributed by atoms with Crippen LogP contribution in [0.4, 0.5) is 4.39 Å². The number of ether oxygens (including phenoxy) is 1. The van der Waals surface area contributed by atoms with E-state index < -0.39 is 17.9 Å². The van der Waals surface area contributed by atoms with Crippen molar-refractivity contribution >= 4 is 5.97 Å². The molecule has 0 N–H and O–H groups in total. The lowest BCUT2D eigenvalue weighted by Gasteiger charge is -2.07. The van der Waals surface area contributed by atoms with Crippen molar-refractivity contribution in [3.8, 4) is 0 Å². The predicted molar refractivity (Wildman–Crippen MR) is 82.1 cm³/mol. The number of halogens is 1. The van der Waals surface area contributed by atoms with Crippen molar-refractivity contribution in [2.24, 2.45) is 0 Å². The van der Waals surface area contributed by atoms with Gasteiger partial charge in [0.2, 0.25) is 5.83 Å². The first-order valence-electron chi connectivity index (χ1n) is 7.47. The van der Waals surface area contributed by atoms with Crippen molar-refractivity contribution in [1.29, 1.82) is 0 Å². The van der Waals surface area contributed by atoms with Crippen LogP contribution in [0.15, 0.2) is 37.2 Å². The Balaban J connectivity index is 3.76. The standard InChI is InChI=1S/C17H27FO2/c1-4-7-8-9-10-11-12-13-14-16(18)17(19)20-15(5-2)6-3/h5-6,14-15H,2-4,7-13H2,1H3. The monoisotopic (exact) mass is 282 g/mol. The number of carbonyl (C=O) groups is 1. The van der Waals surface area contributed by atoms with E-state index in [0.29, 0.717) is 6.42 Å². The SMILES string of the molecule is C=CC(C=C)OC(=O)C(F)=CCCCCCCCCC. The van der Waals surface area contributed by atoms with Gasteiger partial charge in [0, 0.05) is 0 Å². The summed E-state index contributed by atoms with van der Waals surface area (Å²) in [7, 11) is 0. The van der Waals surface area contributed by atoms with E-state index in [0.717, 1.165) is 12.8 Å². The molecular weight excluding hydrogens is 255 g/mol. The van der Waals surface area contributed by atoms with Gasteiger partial charge in [0.15, 0.2) is 0 Å². The van der Waals surface area contributed by atoms with Gasteiger partial charge in [-0.2, -0.15) is 4.39 Å². The Morgan fingerprint density at radius 2 is 1.65 bits per heavy atom. The number of carbonyl (C=O) groups excluding carboxylic acids is 1. The Kier molecular flexibility index (Phi) is 11.8. The molecule has 0 heterocycles. The van der Waals surface area contributed by atoms with Crippen molar-refractivity contribution in [3.05, 3.63) is 37.2 Å². The fourth-order valence-electron chi connectivity index (χ4n) is 1.79. The maximum Gasteiger partial charge on any atom is 0.367 e. The molecule has 0 aliphatic rings. The topological polar surface area (TPSA) is 26.3 Å². The minimum absolute atomic E-state index is 0.571. The first kappa shape index (κ1) is 18.6. The zero-order chi connectivity index (χ0) is 15.2. The number of hydrogen-bond acceptors (Lipinski definition) is 2. The fraction of sp³-hybridized carbons (Fsp3) is 0.588. The van der Waals surface area contributed by atoms with Gasteiger partial charge in [-0.05, 0) is 31.1 Å². The van der Waals surface area contributed by atoms with Gasteiger partial charge in [0.05, 0.1) is 0 Å². The molecule has 0 amide bonds. The van der Waals surface area contributed by atoms with Crippen LogP contribution in [0.2, 0.25) is 0 Å². The molecule has 0 rings (SSSR count). The van der Waals surface area contributed by atoms with E-state index in [2.05, 4.69) is 20.1 Å². The third-order valence-corrected chi connectivity index (χ3v) is 3.03. The van der Waals surface area contributed by atoms with Crippen molar-refractivity contribution in [2.75, 3.05) is 0 Å². The van der Waals surface area contributed by atoms with Gasteiger partial charge in [-0.1, -0.05) is 58.6 Å². The fourth-order valence-corrected chi connectivity index (χ4v) is 1.79. The highest BCUT2D eigenvalue weighted by molar-refractivity contribution is 5.86. The van der Waals surface area contributed by atoms with Crippen molar-refractivity contribution in [3.63, 3.8) is 0 Å². The first-order valence-corrected chi connectivity index (χ1v) is 7.47. The molecule has 0 unspecified atom stereocenters. The molecule has 0 atom stereocenters. The van der Waals surface area contributed by atoms with Crippen LogP contribution in [-0.2, 0) is 9.53 Å². The molecular formula is C17H27FO2. The van der Waals surface area contributed by atoms with Crippen molar-refractivity contribution in [1.82, 2.24) is 0 Å². The molecule has 0 aromatic heterocycles. The maximum atomic E-state index is 13.4. The van der Waals surface area contributed by atoms with E-state index in [4.69, 9.17) is 4.74 Å². The molecule has 0 aliphatic carbocycles. The molecule has 0 aromatic carbocycles. The van der Waals surface area contributed by atoms with Crippen LogP contribution in [0.25, 0.3) is 0 Å². The summed E-state index contributed by atoms with van der Waals surface area (Å²) in [6, 6.07) is 0. The summed E-state index contributed by atoms with van der Waals surface area (Å²) in [6.45, 7) is 9.13. The molecule has 0 bridgehead atoms. The quantitative estimate of drug-likeness (QED) is 0.211. The van der Waals surface area contributed by atoms with Crippen LogP contribution in [0.5, 0.6) is 0 Å². The molecule has 0 saturated carbocycles. The Morgan fingerprint density at radius 1 is 1.10 bits per heavy atom. The Hall–Kier alpha value is -1.38. The number of esters is 1. The lowest BCUT2D eigenvalue weighted by Crippen LogP contribution is -2.13. The van der Waals surface area contributed by atoms with Crippen molar-refractivity contribution < 1.29 is 13.9 Å². The third kappa shape index (κ3) is 9.54. The van der Waals surface area contributed by atoms with E-state index in [1.807, 2.05) is 0 Å². The molecule has 0 spiro atoms. The average molecular weight is 282 g/mol. The molecule has 20 heavy (non-hydrogen) atoms. The summed E-state index contributed by atoms with van der Waals surface area (Å²) in [5, 5.41) is 0. The lowest BCUT2D eigenvalue weighted by molar-refractivity contribution is -0.142. The van der Waals surface area contributed by atoms with E-state index in [-0.39, 0.29) is 0 Å². The molecule has 0 fully saturated rings. The first-order chi connectivity index (χ1) is 9.65. The maximum absolute atomic E-state index is 13.4. The zero-order valence-corrected chi connectivity index (χ0v) is 12.6. The van der Waals surface area contributed by atoms with Gasteiger partial charge in [-0.25, -0.2) is 4.79 Å². The third-order valence-electron chi connectivity index (χ3n) is 3.03. The van der Waals surface area contributed by atoms with Crippen LogP contribution < -0.4 is 0 Å². The van der Waals surface area contributed by atoms with Gasteiger partial charge < -0.3 is 4.74 Å². The molecule has 2 nitrogen and oxygen atoms in total. The number of unbranched alkanes of at least 4 members (excludes halogenated alkanes) is 7. The Labute approximate surface area is 122 Å². The van der Waals surface area contributed by atoms with Gasteiger partial charge in [-0.3, -0.25) is 0 Å². The summed E-state index contributed by atoms with van der Waals surface area (Å²) >= 11 is 0. The summed E-state index contributed by atoms with van der Waals surface area (Å²) in [6.07, 6.45) is 12.2. The largest absolute Gasteiger partial charge is 0.449 e. The molecule has 114 valence electrons. The highest BCUT2D eigenvalue weighted by atomic mass is 19.1. The van der Waals surface area contributed by atoms with Gasteiger partial charge >= 0.3 is 5.97 Å². The number of hydrogen-bond donors (Lipinski definition) is 0. The van der Waals surface area contributed by atoms with Gasteiger partial charge in [-0.15, -0.1) is 0 Å². The minimum atomic E-state index is -0.947. The highest BCUT2D eigenvalue weighted by Crippen LogP contribution is 2.11. The van der Waals surface area contributed by atoms with E-state index in [1.165, 1.54) is 50.3 Å². The second-order valence-electron chi connectivity index (χ2n) is 4.80. The Bertz CT molecular complexity index is 313. The minimum Gasteiger partial charge on any atom is -0.449 e. The van der Waals surface area contributed by atoms with Gasteiger partial charge in [0.1, 0.15) is 6.10 Å². The second kappa shape index (κ2) is 12.6. The smallest absolute Gasteiger partial charge is 0.367 e. The van der Waals surface area contributed by atoms with Crippen LogP contribution in [-0.4, -0.2) is 12.1 Å². The Morgan fingerprint density at radius 3 is 2.20 bits per heavy atom. The summed E-state index contributed by atoms with van der Waals surface area (Å²) < 4.78 is 18.2. The van der Waals surface area contributed by atoms with Crippen LogP contribution >= 0.6 is 0 Å². The van der Waals surface area contributed by atoms with Crippen LogP contribution in [0.3, 0.4) is 0 Å². The molecule has 3 heteroatoms. The molecule has 0 aliphatic heterocycles. The van der Waals surface area contributed by atoms with E-state index in [1.54, 1.807) is 0 Å². The predicted octanol–water partition coefficient (Wildman–Crippen LogP) is 5.26. The highest BCUT2D eigenvalue weighted by Gasteiger charge is 2.12. The average Bonchev–Trinajstić information content (AvgIpc) is 2.46. The molecule has 0 saturated heterocycles. The van der Waals surface area contributed by atoms with Crippen LogP contribution in [0, 0.1) is 0 Å².